The zero-order valence-corrected chi connectivity index (χ0v) is 5.19. The Bertz CT molecular complexity index is 124. The molecule has 0 amide bonds. The molecule has 0 aliphatic carbocycles. The van der Waals surface area contributed by atoms with Crippen molar-refractivity contribution in [1.82, 2.24) is 4.90 Å². The summed E-state index contributed by atoms with van der Waals surface area (Å²) in [5.41, 5.74) is 0. The molecule has 0 saturated carbocycles. The van der Waals surface area contributed by atoms with Crippen LogP contribution in [0.1, 0.15) is 0 Å². The summed E-state index contributed by atoms with van der Waals surface area (Å²) in [5, 5.41) is 17.1. The van der Waals surface area contributed by atoms with Crippen LogP contribution < -0.4 is 0 Å². The molecular weight excluding hydrogens is 120 g/mol. The predicted octanol–water partition coefficient (Wildman–Crippen LogP) is -1.76. The Balaban J connectivity index is 2.40. The van der Waals surface area contributed by atoms with Gasteiger partial charge in [0.1, 0.15) is 13.1 Å². The van der Waals surface area contributed by atoms with Crippen molar-refractivity contribution in [2.75, 3.05) is 26.6 Å². The van der Waals surface area contributed by atoms with Gasteiger partial charge in [0, 0.05) is 0 Å². The predicted molar refractivity (Wildman–Crippen MR) is 32.1 cm³/mol. The first kappa shape index (κ1) is 6.51. The van der Waals surface area contributed by atoms with Gasteiger partial charge in [0.2, 0.25) is 6.34 Å². The van der Waals surface area contributed by atoms with E-state index in [2.05, 4.69) is 0 Å². The standard InChI is InChI=1S/C5H11N2O2/c8-4-6-1-2-7(3-6)5-9/h3,8-9H,1-2,4-5H2/q+1. The lowest BCUT2D eigenvalue weighted by atomic mass is 10.6. The highest BCUT2D eigenvalue weighted by molar-refractivity contribution is 5.49. The maximum atomic E-state index is 8.57. The quantitative estimate of drug-likeness (QED) is 0.436. The van der Waals surface area contributed by atoms with Gasteiger partial charge in [-0.3, -0.25) is 0 Å². The smallest absolute Gasteiger partial charge is 0.238 e. The van der Waals surface area contributed by atoms with Crippen molar-refractivity contribution < 1.29 is 14.8 Å². The average molecular weight is 131 g/mol. The maximum absolute atomic E-state index is 8.57. The van der Waals surface area contributed by atoms with Gasteiger partial charge in [0.25, 0.3) is 0 Å². The van der Waals surface area contributed by atoms with E-state index in [0.717, 1.165) is 13.1 Å². The summed E-state index contributed by atoms with van der Waals surface area (Å²) < 4.78 is 1.73. The Kier molecular flexibility index (Phi) is 2.02. The van der Waals surface area contributed by atoms with E-state index in [1.54, 1.807) is 15.8 Å². The minimum absolute atomic E-state index is 0.0382. The summed E-state index contributed by atoms with van der Waals surface area (Å²) in [7, 11) is 0. The molecule has 4 heteroatoms. The highest BCUT2D eigenvalue weighted by atomic mass is 16.3. The number of rotatable bonds is 2. The molecular formula is C5H11N2O2+. The summed E-state index contributed by atoms with van der Waals surface area (Å²) in [4.78, 5) is 1.73. The lowest BCUT2D eigenvalue weighted by molar-refractivity contribution is -0.551. The Morgan fingerprint density at radius 2 is 2.33 bits per heavy atom. The number of aliphatic hydroxyl groups excluding tert-OH is 2. The van der Waals surface area contributed by atoms with E-state index < -0.39 is 0 Å². The maximum Gasteiger partial charge on any atom is 0.238 e. The molecule has 0 atom stereocenters. The van der Waals surface area contributed by atoms with Crippen molar-refractivity contribution in [2.24, 2.45) is 0 Å². The molecule has 0 aromatic rings. The minimum Gasteiger partial charge on any atom is -0.358 e. The van der Waals surface area contributed by atoms with E-state index in [9.17, 15) is 0 Å². The fraction of sp³-hybridized carbons (Fsp3) is 0.800. The highest BCUT2D eigenvalue weighted by Gasteiger charge is 2.15. The summed E-state index contributed by atoms with van der Waals surface area (Å²) in [6, 6.07) is 0. The molecule has 0 aromatic carbocycles. The lowest BCUT2D eigenvalue weighted by Crippen LogP contribution is -2.20. The van der Waals surface area contributed by atoms with Crippen LogP contribution in [0, 0.1) is 0 Å². The lowest BCUT2D eigenvalue weighted by Gasteiger charge is -1.97. The molecule has 1 aliphatic rings. The zero-order valence-electron chi connectivity index (χ0n) is 5.19. The van der Waals surface area contributed by atoms with E-state index >= 15 is 0 Å². The molecule has 0 unspecified atom stereocenters. The normalized spacial score (nSPS) is 18.4. The van der Waals surface area contributed by atoms with Crippen molar-refractivity contribution in [1.29, 1.82) is 0 Å². The van der Waals surface area contributed by atoms with Crippen LogP contribution in [-0.2, 0) is 0 Å². The van der Waals surface area contributed by atoms with Crippen LogP contribution in [0.5, 0.6) is 0 Å². The van der Waals surface area contributed by atoms with Gasteiger partial charge in [-0.25, -0.2) is 9.48 Å². The van der Waals surface area contributed by atoms with Crippen LogP contribution in [0.15, 0.2) is 0 Å². The van der Waals surface area contributed by atoms with Gasteiger partial charge in [0.15, 0.2) is 13.5 Å². The molecule has 4 nitrogen and oxygen atoms in total. The van der Waals surface area contributed by atoms with Crippen molar-refractivity contribution in [3.8, 4) is 0 Å². The second kappa shape index (κ2) is 2.80. The molecule has 1 heterocycles. The fourth-order valence-corrected chi connectivity index (χ4v) is 0.818. The topological polar surface area (TPSA) is 46.7 Å². The molecule has 1 aliphatic heterocycles. The first-order valence-corrected chi connectivity index (χ1v) is 2.91. The molecule has 2 N–H and O–H groups in total. The van der Waals surface area contributed by atoms with Crippen LogP contribution in [-0.4, -0.2) is 52.6 Å². The number of aliphatic hydroxyl groups is 2. The summed E-state index contributed by atoms with van der Waals surface area (Å²) in [5.74, 6) is 0. The zero-order chi connectivity index (χ0) is 6.69. The second-order valence-corrected chi connectivity index (χ2v) is 2.02. The van der Waals surface area contributed by atoms with Crippen molar-refractivity contribution in [3.63, 3.8) is 0 Å². The monoisotopic (exact) mass is 131 g/mol. The Hall–Kier alpha value is -0.610. The largest absolute Gasteiger partial charge is 0.358 e. The first-order chi connectivity index (χ1) is 4.36. The third-order valence-corrected chi connectivity index (χ3v) is 1.36. The molecule has 52 valence electrons. The molecule has 0 aromatic heterocycles. The molecule has 0 spiro atoms. The van der Waals surface area contributed by atoms with Gasteiger partial charge in [0.05, 0.1) is 0 Å². The van der Waals surface area contributed by atoms with Gasteiger partial charge in [-0.2, -0.15) is 0 Å². The van der Waals surface area contributed by atoms with Crippen LogP contribution >= 0.6 is 0 Å². The number of hydrogen-bond donors (Lipinski definition) is 2. The van der Waals surface area contributed by atoms with Gasteiger partial charge >= 0.3 is 0 Å². The van der Waals surface area contributed by atoms with E-state index in [1.165, 1.54) is 0 Å². The van der Waals surface area contributed by atoms with Crippen molar-refractivity contribution in [3.05, 3.63) is 0 Å². The van der Waals surface area contributed by atoms with Gasteiger partial charge < -0.3 is 10.2 Å². The van der Waals surface area contributed by atoms with Crippen LogP contribution in [0.25, 0.3) is 0 Å². The molecule has 0 saturated heterocycles. The number of nitrogens with zero attached hydrogens (tertiary/aromatic N) is 2. The highest BCUT2D eigenvalue weighted by Crippen LogP contribution is 1.89. The number of hydrogen-bond acceptors (Lipinski definition) is 3. The molecule has 0 bridgehead atoms. The van der Waals surface area contributed by atoms with E-state index in [1.807, 2.05) is 0 Å². The average Bonchev–Trinajstić information content (AvgIpc) is 2.34. The Morgan fingerprint density at radius 1 is 1.56 bits per heavy atom. The summed E-state index contributed by atoms with van der Waals surface area (Å²) in [6.45, 7) is 1.68. The molecule has 1 rings (SSSR count). The van der Waals surface area contributed by atoms with Gasteiger partial charge in [-0.15, -0.1) is 0 Å². The van der Waals surface area contributed by atoms with Crippen molar-refractivity contribution >= 4 is 6.34 Å². The first-order valence-electron chi connectivity index (χ1n) is 2.91. The third-order valence-electron chi connectivity index (χ3n) is 1.36. The van der Waals surface area contributed by atoms with Crippen molar-refractivity contribution in [2.45, 2.75) is 0 Å². The SMILES string of the molecule is OCN1C=[N+](CO)CC1. The summed E-state index contributed by atoms with van der Waals surface area (Å²) in [6.07, 6.45) is 1.72. The second-order valence-electron chi connectivity index (χ2n) is 2.02. The third kappa shape index (κ3) is 1.40. The molecule has 0 fully saturated rings. The van der Waals surface area contributed by atoms with Crippen LogP contribution in [0.3, 0.4) is 0 Å². The van der Waals surface area contributed by atoms with E-state index in [4.69, 9.17) is 10.2 Å². The molecule has 9 heavy (non-hydrogen) atoms. The van der Waals surface area contributed by atoms with E-state index in [0.29, 0.717) is 0 Å². The van der Waals surface area contributed by atoms with E-state index in [-0.39, 0.29) is 13.5 Å². The minimum atomic E-state index is 0.0382. The Morgan fingerprint density at radius 3 is 2.67 bits per heavy atom. The van der Waals surface area contributed by atoms with Gasteiger partial charge in [-0.1, -0.05) is 0 Å². The van der Waals surface area contributed by atoms with Gasteiger partial charge in [-0.05, 0) is 0 Å². The van der Waals surface area contributed by atoms with Crippen LogP contribution in [0.2, 0.25) is 0 Å². The Labute approximate surface area is 53.6 Å². The fourth-order valence-electron chi connectivity index (χ4n) is 0.818. The summed E-state index contributed by atoms with van der Waals surface area (Å²) >= 11 is 0. The molecule has 0 radical (unpaired) electrons. The van der Waals surface area contributed by atoms with Crippen LogP contribution in [0.4, 0.5) is 0 Å².